The molecule has 2 aliphatic carbocycles. The highest BCUT2D eigenvalue weighted by molar-refractivity contribution is 6.06. The van der Waals surface area contributed by atoms with E-state index in [1.807, 2.05) is 54.5 Å². The van der Waals surface area contributed by atoms with Crippen LogP contribution in [0.15, 0.2) is 96.1 Å². The molecule has 2 saturated heterocycles. The van der Waals surface area contributed by atoms with Crippen molar-refractivity contribution in [3.05, 3.63) is 102 Å². The zero-order valence-corrected chi connectivity index (χ0v) is 21.0. The fraction of sp³-hybridized carbons (Fsp3) is 0.312. The van der Waals surface area contributed by atoms with Gasteiger partial charge in [-0.05, 0) is 59.9 Å². The van der Waals surface area contributed by atoms with E-state index in [0.29, 0.717) is 12.0 Å². The second kappa shape index (κ2) is 7.90. The highest BCUT2D eigenvalue weighted by atomic mass is 16.7. The van der Waals surface area contributed by atoms with E-state index in [4.69, 9.17) is 9.57 Å². The van der Waals surface area contributed by atoms with Gasteiger partial charge in [-0.1, -0.05) is 73.7 Å². The maximum atomic E-state index is 13.8. The van der Waals surface area contributed by atoms with Crippen LogP contribution in [-0.2, 0) is 19.2 Å². The van der Waals surface area contributed by atoms with Crippen LogP contribution in [0.1, 0.15) is 44.7 Å². The summed E-state index contributed by atoms with van der Waals surface area (Å²) in [6.45, 7) is 4.01. The molecule has 0 radical (unpaired) electrons. The fourth-order valence-electron chi connectivity index (χ4n) is 7.16. The van der Waals surface area contributed by atoms with Gasteiger partial charge in [-0.25, -0.2) is 9.86 Å². The summed E-state index contributed by atoms with van der Waals surface area (Å²) >= 11 is 0. The lowest BCUT2D eigenvalue weighted by Gasteiger charge is -2.44. The van der Waals surface area contributed by atoms with Crippen LogP contribution < -0.4 is 5.06 Å². The first kappa shape index (κ1) is 22.5. The molecule has 2 heterocycles. The van der Waals surface area contributed by atoms with Crippen molar-refractivity contribution in [1.29, 1.82) is 0 Å². The number of hydrogen-bond donors (Lipinski definition) is 0. The highest BCUT2D eigenvalue weighted by Crippen LogP contribution is 2.60. The third kappa shape index (κ3) is 3.13. The van der Waals surface area contributed by atoms with E-state index in [1.54, 1.807) is 6.08 Å². The van der Waals surface area contributed by atoms with Crippen LogP contribution in [0, 0.1) is 11.3 Å². The van der Waals surface area contributed by atoms with Crippen molar-refractivity contribution in [2.45, 2.75) is 50.9 Å². The van der Waals surface area contributed by atoms with E-state index in [-0.39, 0.29) is 29.1 Å². The fourth-order valence-corrected chi connectivity index (χ4v) is 7.16. The molecule has 3 aromatic rings. The van der Waals surface area contributed by atoms with Crippen LogP contribution in [0.2, 0.25) is 0 Å². The Balaban J connectivity index is 1.36. The smallest absolute Gasteiger partial charge is 0.342 e. The molecular formula is C32H29NO4. The van der Waals surface area contributed by atoms with E-state index in [9.17, 15) is 9.59 Å². The Morgan fingerprint density at radius 3 is 2.54 bits per heavy atom. The molecule has 0 bridgehead atoms. The number of ketones is 1. The Bertz CT molecular complexity index is 1500. The number of fused-ring (bicyclic) bond motifs is 5. The van der Waals surface area contributed by atoms with Crippen molar-refractivity contribution in [3.8, 4) is 0 Å². The van der Waals surface area contributed by atoms with E-state index in [0.717, 1.165) is 40.4 Å². The summed E-state index contributed by atoms with van der Waals surface area (Å²) in [5.41, 5.74) is 2.29. The molecule has 3 aromatic carbocycles. The molecule has 1 spiro atoms. The molecule has 37 heavy (non-hydrogen) atoms. The molecule has 5 atom stereocenters. The molecule has 4 aliphatic rings. The van der Waals surface area contributed by atoms with Gasteiger partial charge in [0.25, 0.3) is 0 Å². The van der Waals surface area contributed by atoms with E-state index in [2.05, 4.69) is 43.3 Å². The number of benzene rings is 3. The monoisotopic (exact) mass is 491 g/mol. The SMILES string of the molecule is CC1=C2[C@H]3OC(=O)C4(C[C@@H](c5cccc6ccccc56)N(c5ccccc5)O4)[C@@H]3CC[C@@]2(C)C=CC1=O. The minimum atomic E-state index is -1.11. The number of esters is 1. The molecule has 7 rings (SSSR count). The summed E-state index contributed by atoms with van der Waals surface area (Å²) in [4.78, 5) is 33.3. The first-order valence-corrected chi connectivity index (χ1v) is 13.1. The second-order valence-electron chi connectivity index (χ2n) is 11.1. The predicted molar refractivity (Wildman–Crippen MR) is 142 cm³/mol. The van der Waals surface area contributed by atoms with Crippen LogP contribution in [0.4, 0.5) is 5.69 Å². The van der Waals surface area contributed by atoms with Gasteiger partial charge in [0.15, 0.2) is 5.78 Å². The van der Waals surface area contributed by atoms with Crippen molar-refractivity contribution < 1.29 is 19.2 Å². The molecule has 2 aliphatic heterocycles. The summed E-state index contributed by atoms with van der Waals surface area (Å²) in [6.07, 6.45) is 5.33. The number of rotatable bonds is 2. The second-order valence-corrected chi connectivity index (χ2v) is 11.1. The van der Waals surface area contributed by atoms with Gasteiger partial charge in [0.2, 0.25) is 5.60 Å². The van der Waals surface area contributed by atoms with Crippen molar-refractivity contribution in [3.63, 3.8) is 0 Å². The number of nitrogens with zero attached hydrogens (tertiary/aromatic N) is 1. The van der Waals surface area contributed by atoms with E-state index >= 15 is 0 Å². The molecule has 5 nitrogen and oxygen atoms in total. The van der Waals surface area contributed by atoms with E-state index in [1.165, 1.54) is 0 Å². The molecular weight excluding hydrogens is 462 g/mol. The van der Waals surface area contributed by atoms with Crippen molar-refractivity contribution in [2.75, 3.05) is 5.06 Å². The summed E-state index contributed by atoms with van der Waals surface area (Å²) in [7, 11) is 0. The maximum Gasteiger partial charge on any atom is 0.342 e. The number of carbonyl (C=O) groups is 2. The summed E-state index contributed by atoms with van der Waals surface area (Å²) in [5.74, 6) is -0.488. The minimum Gasteiger partial charge on any atom is -0.455 e. The van der Waals surface area contributed by atoms with Gasteiger partial charge in [-0.2, -0.15) is 0 Å². The van der Waals surface area contributed by atoms with E-state index < -0.39 is 11.7 Å². The van der Waals surface area contributed by atoms with Crippen LogP contribution in [0.25, 0.3) is 10.8 Å². The molecule has 3 fully saturated rings. The lowest BCUT2D eigenvalue weighted by molar-refractivity contribution is -0.157. The number of anilines is 1. The van der Waals surface area contributed by atoms with Gasteiger partial charge < -0.3 is 4.74 Å². The topological polar surface area (TPSA) is 55.8 Å². The Kier molecular flexibility index (Phi) is 4.80. The van der Waals surface area contributed by atoms with Crippen LogP contribution in [-0.4, -0.2) is 23.5 Å². The number of hydroxylamine groups is 1. The first-order valence-electron chi connectivity index (χ1n) is 13.1. The maximum absolute atomic E-state index is 13.8. The summed E-state index contributed by atoms with van der Waals surface area (Å²) in [5, 5.41) is 4.23. The standard InChI is InChI=1S/C32H29NO4/c1-20-27(34)16-18-31(2)17-15-25-29(28(20)31)36-30(35)32(25)19-26(33(37-32)22-11-4-3-5-12-22)24-14-8-10-21-9-6-7-13-23(21)24/h3-14,16,18,25-26,29H,15,17,19H2,1-2H3/t25-,26+,29+,31+,32?/m1/s1. The number of hydrogen-bond acceptors (Lipinski definition) is 5. The Morgan fingerprint density at radius 1 is 0.946 bits per heavy atom. The summed E-state index contributed by atoms with van der Waals surface area (Å²) in [6, 6.07) is 24.5. The van der Waals surface area contributed by atoms with Gasteiger partial charge in [-0.3, -0.25) is 9.63 Å². The lowest BCUT2D eigenvalue weighted by atomic mass is 9.60. The Hall–Kier alpha value is -3.70. The zero-order chi connectivity index (χ0) is 25.4. The minimum absolute atomic E-state index is 0.00277. The average molecular weight is 492 g/mol. The Labute approximate surface area is 216 Å². The molecule has 1 unspecified atom stereocenters. The zero-order valence-electron chi connectivity index (χ0n) is 21.0. The van der Waals surface area contributed by atoms with Gasteiger partial charge in [0.05, 0.1) is 11.7 Å². The third-order valence-electron chi connectivity index (χ3n) is 9.03. The van der Waals surface area contributed by atoms with Gasteiger partial charge in [-0.15, -0.1) is 0 Å². The van der Waals surface area contributed by atoms with Gasteiger partial charge >= 0.3 is 5.97 Å². The molecule has 186 valence electrons. The number of ether oxygens (including phenoxy) is 1. The van der Waals surface area contributed by atoms with Crippen molar-refractivity contribution >= 4 is 28.2 Å². The van der Waals surface area contributed by atoms with Crippen molar-refractivity contribution in [2.24, 2.45) is 11.3 Å². The summed E-state index contributed by atoms with van der Waals surface area (Å²) < 4.78 is 6.18. The first-order chi connectivity index (χ1) is 17.9. The molecule has 1 saturated carbocycles. The number of allylic oxidation sites excluding steroid dienone is 3. The molecule has 0 amide bonds. The highest BCUT2D eigenvalue weighted by Gasteiger charge is 2.68. The predicted octanol–water partition coefficient (Wildman–Crippen LogP) is 6.26. The molecule has 0 aromatic heterocycles. The number of carbonyl (C=O) groups excluding carboxylic acids is 2. The van der Waals surface area contributed by atoms with Crippen LogP contribution in [0.5, 0.6) is 0 Å². The normalized spacial score (nSPS) is 32.7. The third-order valence-corrected chi connectivity index (χ3v) is 9.03. The van der Waals surface area contributed by atoms with Crippen LogP contribution in [0.3, 0.4) is 0 Å². The van der Waals surface area contributed by atoms with Crippen molar-refractivity contribution in [1.82, 2.24) is 0 Å². The lowest BCUT2D eigenvalue weighted by Crippen LogP contribution is -2.47. The quantitative estimate of drug-likeness (QED) is 0.396. The molecule has 5 heteroatoms. The van der Waals surface area contributed by atoms with Crippen LogP contribution >= 0.6 is 0 Å². The van der Waals surface area contributed by atoms with Gasteiger partial charge in [0.1, 0.15) is 6.10 Å². The number of para-hydroxylation sites is 1. The average Bonchev–Trinajstić information content (AvgIpc) is 3.44. The molecule has 0 N–H and O–H groups in total. The largest absolute Gasteiger partial charge is 0.455 e. The van der Waals surface area contributed by atoms with Gasteiger partial charge in [0, 0.05) is 23.3 Å². The Morgan fingerprint density at radius 2 is 1.70 bits per heavy atom.